The van der Waals surface area contributed by atoms with Crippen molar-refractivity contribution in [2.75, 3.05) is 32.0 Å². The summed E-state index contributed by atoms with van der Waals surface area (Å²) in [5, 5.41) is 5.63. The quantitative estimate of drug-likeness (QED) is 0.485. The monoisotopic (exact) mass is 507 g/mol. The van der Waals surface area contributed by atoms with Crippen LogP contribution in [0.1, 0.15) is 22.7 Å². The maximum Gasteiger partial charge on any atom is 0.158 e. The first-order valence-corrected chi connectivity index (χ1v) is 11.5. The fraction of sp³-hybridized carbons (Fsp3) is 0.333. The third-order valence-corrected chi connectivity index (χ3v) is 6.97. The van der Waals surface area contributed by atoms with Crippen molar-refractivity contribution in [1.82, 2.24) is 14.8 Å². The lowest BCUT2D eigenvalue weighted by molar-refractivity contribution is 0.134. The molecule has 0 bridgehead atoms. The summed E-state index contributed by atoms with van der Waals surface area (Å²) in [5.74, 6) is 0.774. The number of aliphatic imine (C=N–C) groups is 1. The summed E-state index contributed by atoms with van der Waals surface area (Å²) in [5.41, 5.74) is 4.08. The molecule has 176 valence electrons. The van der Waals surface area contributed by atoms with E-state index in [1.165, 1.54) is 5.56 Å². The van der Waals surface area contributed by atoms with Crippen LogP contribution in [0.2, 0.25) is 0 Å². The number of anilines is 2. The van der Waals surface area contributed by atoms with E-state index >= 15 is 0 Å². The molecule has 0 radical (unpaired) electrons. The molecule has 2 aliphatic heterocycles. The van der Waals surface area contributed by atoms with Gasteiger partial charge in [-0.15, -0.1) is 36.2 Å². The number of para-hydroxylation sites is 2. The van der Waals surface area contributed by atoms with Gasteiger partial charge < -0.3 is 10.2 Å². The molecule has 1 N–H and O–H groups in total. The molecule has 9 heteroatoms. The number of likely N-dealkylation sites (N-methyl/N-ethyl adjacent to an activating group) is 1. The number of aromatic nitrogens is 1. The van der Waals surface area contributed by atoms with Gasteiger partial charge in [-0.2, -0.15) is 0 Å². The predicted octanol–water partition coefficient (Wildman–Crippen LogP) is 5.82. The van der Waals surface area contributed by atoms with Gasteiger partial charge in [-0.1, -0.05) is 24.3 Å². The number of nitrogens with zero attached hydrogens (tertiary/aromatic N) is 4. The number of hydrogen-bond donors (Lipinski definition) is 1. The van der Waals surface area contributed by atoms with E-state index in [-0.39, 0.29) is 30.6 Å². The van der Waals surface area contributed by atoms with Crippen LogP contribution in [0, 0.1) is 12.7 Å². The first-order chi connectivity index (χ1) is 15.1. The molecule has 1 atom stereocenters. The molecule has 0 spiro atoms. The van der Waals surface area contributed by atoms with E-state index in [0.717, 1.165) is 65.4 Å². The number of amidine groups is 1. The van der Waals surface area contributed by atoms with Gasteiger partial charge in [0.1, 0.15) is 16.5 Å². The van der Waals surface area contributed by atoms with Gasteiger partial charge in [0.25, 0.3) is 0 Å². The molecular weight excluding hydrogens is 480 g/mol. The summed E-state index contributed by atoms with van der Waals surface area (Å²) in [7, 11) is 2.19. The van der Waals surface area contributed by atoms with Crippen LogP contribution in [0.25, 0.3) is 0 Å². The van der Waals surface area contributed by atoms with E-state index in [4.69, 9.17) is 9.98 Å². The second-order valence-corrected chi connectivity index (χ2v) is 9.44. The standard InChI is InChI=1S/C24H26FN5S.2ClH/c1-16-26-22-23(27-20-5-3-4-6-21(20)28-24(22)31-16)30-14-13-29(2)19(15-30)12-9-17-7-10-18(25)11-8-17;;/h3-8,10-11,19,28H,9,12-15H2,1-2H3;2*1H/t19-;;/m0../s1. The molecule has 0 saturated carbocycles. The summed E-state index contributed by atoms with van der Waals surface area (Å²) in [6.45, 7) is 4.83. The first kappa shape index (κ1) is 25.4. The Morgan fingerprint density at radius 2 is 1.85 bits per heavy atom. The summed E-state index contributed by atoms with van der Waals surface area (Å²) in [6.07, 6.45) is 1.95. The summed E-state index contributed by atoms with van der Waals surface area (Å²) < 4.78 is 13.2. The molecule has 2 aliphatic rings. The molecular formula is C24H28Cl2FN5S. The Kier molecular flexibility index (Phi) is 8.34. The second-order valence-electron chi connectivity index (χ2n) is 8.23. The number of nitrogens with one attached hydrogen (secondary N) is 1. The molecule has 0 aliphatic carbocycles. The molecule has 1 fully saturated rings. The Hall–Kier alpha value is -2.19. The zero-order chi connectivity index (χ0) is 21.4. The van der Waals surface area contributed by atoms with Gasteiger partial charge in [0, 0.05) is 25.7 Å². The molecule has 0 unspecified atom stereocenters. The van der Waals surface area contributed by atoms with Crippen molar-refractivity contribution >= 4 is 58.4 Å². The largest absolute Gasteiger partial charge is 0.352 e. The molecule has 2 aromatic carbocycles. The van der Waals surface area contributed by atoms with Crippen molar-refractivity contribution in [3.63, 3.8) is 0 Å². The van der Waals surface area contributed by atoms with Gasteiger partial charge in [0.15, 0.2) is 5.84 Å². The number of hydrogen-bond acceptors (Lipinski definition) is 6. The number of rotatable bonds is 3. The number of benzene rings is 2. The Morgan fingerprint density at radius 1 is 1.09 bits per heavy atom. The third kappa shape index (κ3) is 5.49. The molecule has 5 rings (SSSR count). The van der Waals surface area contributed by atoms with Crippen LogP contribution >= 0.6 is 36.2 Å². The van der Waals surface area contributed by atoms with E-state index in [1.54, 1.807) is 23.5 Å². The summed E-state index contributed by atoms with van der Waals surface area (Å²) >= 11 is 1.67. The van der Waals surface area contributed by atoms with Crippen molar-refractivity contribution in [3.05, 3.63) is 70.6 Å². The summed E-state index contributed by atoms with van der Waals surface area (Å²) in [4.78, 5) is 14.7. The van der Waals surface area contributed by atoms with E-state index in [9.17, 15) is 4.39 Å². The van der Waals surface area contributed by atoms with Crippen molar-refractivity contribution in [2.45, 2.75) is 25.8 Å². The highest BCUT2D eigenvalue weighted by atomic mass is 35.5. The zero-order valence-electron chi connectivity index (χ0n) is 18.6. The maximum absolute atomic E-state index is 13.2. The number of piperazine rings is 1. The van der Waals surface area contributed by atoms with Crippen LogP contribution < -0.4 is 5.32 Å². The van der Waals surface area contributed by atoms with E-state index in [0.29, 0.717) is 6.04 Å². The smallest absolute Gasteiger partial charge is 0.158 e. The fourth-order valence-corrected chi connectivity index (χ4v) is 5.11. The summed E-state index contributed by atoms with van der Waals surface area (Å²) in [6, 6.07) is 15.4. The van der Waals surface area contributed by atoms with Crippen LogP contribution in [0.15, 0.2) is 53.5 Å². The van der Waals surface area contributed by atoms with Crippen LogP contribution in [-0.4, -0.2) is 53.3 Å². The lowest BCUT2D eigenvalue weighted by Crippen LogP contribution is -2.53. The number of aryl methyl sites for hydroxylation is 2. The molecule has 0 amide bonds. The van der Waals surface area contributed by atoms with Gasteiger partial charge in [-0.05, 0) is 56.6 Å². The van der Waals surface area contributed by atoms with E-state index in [1.807, 2.05) is 37.3 Å². The zero-order valence-corrected chi connectivity index (χ0v) is 21.1. The van der Waals surface area contributed by atoms with Crippen LogP contribution in [0.4, 0.5) is 20.8 Å². The minimum atomic E-state index is -0.181. The Morgan fingerprint density at radius 3 is 2.64 bits per heavy atom. The number of fused-ring (bicyclic) bond motifs is 2. The lowest BCUT2D eigenvalue weighted by atomic mass is 10.0. The molecule has 33 heavy (non-hydrogen) atoms. The molecule has 1 saturated heterocycles. The second kappa shape index (κ2) is 10.8. The van der Waals surface area contributed by atoms with Crippen LogP contribution in [0.5, 0.6) is 0 Å². The maximum atomic E-state index is 13.2. The topological polar surface area (TPSA) is 43.8 Å². The third-order valence-electron chi connectivity index (χ3n) is 6.08. The minimum absolute atomic E-state index is 0. The van der Waals surface area contributed by atoms with Gasteiger partial charge in [-0.25, -0.2) is 14.4 Å². The highest BCUT2D eigenvalue weighted by Crippen LogP contribution is 2.37. The number of halogens is 3. The van der Waals surface area contributed by atoms with Crippen LogP contribution in [0.3, 0.4) is 0 Å². The SMILES string of the molecule is Cc1nc2c(s1)Nc1ccccc1N=C2N1CCN(C)[C@@H](CCc2ccc(F)cc2)C1.Cl.Cl. The molecule has 3 heterocycles. The van der Waals surface area contributed by atoms with Gasteiger partial charge in [0.05, 0.1) is 16.4 Å². The Labute approximate surface area is 210 Å². The molecule has 1 aromatic heterocycles. The van der Waals surface area contributed by atoms with Gasteiger partial charge in [-0.3, -0.25) is 4.90 Å². The van der Waals surface area contributed by atoms with E-state index < -0.39 is 0 Å². The molecule has 5 nitrogen and oxygen atoms in total. The van der Waals surface area contributed by atoms with Gasteiger partial charge >= 0.3 is 0 Å². The Bertz CT molecular complexity index is 1120. The van der Waals surface area contributed by atoms with Gasteiger partial charge in [0.2, 0.25) is 0 Å². The molecule has 3 aromatic rings. The van der Waals surface area contributed by atoms with Crippen LogP contribution in [-0.2, 0) is 6.42 Å². The minimum Gasteiger partial charge on any atom is -0.352 e. The average Bonchev–Trinajstić information content (AvgIpc) is 3.06. The van der Waals surface area contributed by atoms with Crippen molar-refractivity contribution in [3.8, 4) is 0 Å². The number of thiazole rings is 1. The first-order valence-electron chi connectivity index (χ1n) is 10.7. The van der Waals surface area contributed by atoms with E-state index in [2.05, 4.69) is 28.2 Å². The lowest BCUT2D eigenvalue weighted by Gasteiger charge is -2.40. The highest BCUT2D eigenvalue weighted by molar-refractivity contribution is 7.16. The van der Waals surface area contributed by atoms with Crippen molar-refractivity contribution in [2.24, 2.45) is 4.99 Å². The normalized spacial score (nSPS) is 17.5. The average molecular weight is 508 g/mol. The highest BCUT2D eigenvalue weighted by Gasteiger charge is 2.30. The predicted molar refractivity (Wildman–Crippen MR) is 140 cm³/mol. The van der Waals surface area contributed by atoms with Crippen molar-refractivity contribution in [1.29, 1.82) is 0 Å². The fourth-order valence-electron chi connectivity index (χ4n) is 4.28. The Balaban J connectivity index is 0.00000153. The van der Waals surface area contributed by atoms with Crippen molar-refractivity contribution < 1.29 is 4.39 Å².